The molecular formula is C10H12ClF3N2O. The van der Waals surface area contributed by atoms with Crippen LogP contribution in [-0.4, -0.2) is 19.5 Å². The number of hydrogen-bond acceptors (Lipinski definition) is 2. The summed E-state index contributed by atoms with van der Waals surface area (Å²) in [5.41, 5.74) is -1.07. The Hall–Kier alpha value is -1.27. The zero-order valence-corrected chi connectivity index (χ0v) is 9.78. The van der Waals surface area contributed by atoms with E-state index in [0.717, 1.165) is 6.07 Å². The Kier molecular flexibility index (Phi) is 5.98. The van der Waals surface area contributed by atoms with Gasteiger partial charge in [-0.05, 0) is 19.2 Å². The van der Waals surface area contributed by atoms with Gasteiger partial charge in [-0.1, -0.05) is 12.1 Å². The monoisotopic (exact) mass is 268 g/mol. The molecule has 1 amide bonds. The summed E-state index contributed by atoms with van der Waals surface area (Å²) in [6.45, 7) is -0.0355. The fourth-order valence-electron chi connectivity index (χ4n) is 1.19. The third-order valence-corrected chi connectivity index (χ3v) is 1.84. The van der Waals surface area contributed by atoms with E-state index in [1.54, 1.807) is 0 Å². The van der Waals surface area contributed by atoms with Gasteiger partial charge in [0.25, 0.3) is 0 Å². The van der Waals surface area contributed by atoms with Crippen LogP contribution in [0.15, 0.2) is 24.3 Å². The zero-order chi connectivity index (χ0) is 12.2. The van der Waals surface area contributed by atoms with Crippen LogP contribution in [0, 0.1) is 0 Å². The van der Waals surface area contributed by atoms with E-state index in [1.807, 2.05) is 0 Å². The summed E-state index contributed by atoms with van der Waals surface area (Å²) in [7, 11) is 1.54. The first-order valence-electron chi connectivity index (χ1n) is 4.56. The number of para-hydroxylation sites is 1. The molecule has 3 nitrogen and oxygen atoms in total. The number of halogens is 4. The Morgan fingerprint density at radius 3 is 2.41 bits per heavy atom. The molecule has 0 heterocycles. The molecule has 96 valence electrons. The molecule has 0 aliphatic rings. The van der Waals surface area contributed by atoms with Crippen molar-refractivity contribution in [2.45, 2.75) is 6.18 Å². The average molecular weight is 269 g/mol. The van der Waals surface area contributed by atoms with Crippen LogP contribution >= 0.6 is 12.4 Å². The van der Waals surface area contributed by atoms with Gasteiger partial charge < -0.3 is 10.6 Å². The number of likely N-dealkylation sites (N-methyl/N-ethyl adjacent to an activating group) is 1. The van der Waals surface area contributed by atoms with Gasteiger partial charge in [0, 0.05) is 0 Å². The van der Waals surface area contributed by atoms with E-state index >= 15 is 0 Å². The summed E-state index contributed by atoms with van der Waals surface area (Å²) < 4.78 is 37.6. The van der Waals surface area contributed by atoms with Gasteiger partial charge in [-0.3, -0.25) is 4.79 Å². The highest BCUT2D eigenvalue weighted by Gasteiger charge is 2.33. The highest BCUT2D eigenvalue weighted by Crippen LogP contribution is 2.34. The van der Waals surface area contributed by atoms with Gasteiger partial charge >= 0.3 is 6.18 Å². The Balaban J connectivity index is 0.00000256. The first-order chi connectivity index (χ1) is 7.45. The van der Waals surface area contributed by atoms with Crippen molar-refractivity contribution in [3.63, 3.8) is 0 Å². The van der Waals surface area contributed by atoms with Crippen LogP contribution in [0.2, 0.25) is 0 Å². The number of carbonyl (C=O) groups excluding carboxylic acids is 1. The van der Waals surface area contributed by atoms with Gasteiger partial charge in [-0.25, -0.2) is 0 Å². The first kappa shape index (κ1) is 15.7. The Morgan fingerprint density at radius 1 is 1.29 bits per heavy atom. The number of amides is 1. The number of nitrogens with one attached hydrogen (secondary N) is 2. The number of rotatable bonds is 3. The highest BCUT2D eigenvalue weighted by molar-refractivity contribution is 5.93. The molecule has 0 saturated carbocycles. The largest absolute Gasteiger partial charge is 0.418 e. The van der Waals surface area contributed by atoms with Gasteiger partial charge in [0.2, 0.25) is 5.91 Å². The number of alkyl halides is 3. The number of benzene rings is 1. The van der Waals surface area contributed by atoms with Crippen molar-refractivity contribution in [2.75, 3.05) is 18.9 Å². The molecule has 0 atom stereocenters. The van der Waals surface area contributed by atoms with Gasteiger partial charge in [-0.2, -0.15) is 13.2 Å². The van der Waals surface area contributed by atoms with E-state index in [4.69, 9.17) is 0 Å². The normalized spacial score (nSPS) is 10.6. The Labute approximate surface area is 103 Å². The SMILES string of the molecule is CNCC(=O)Nc1ccccc1C(F)(F)F.Cl. The summed E-state index contributed by atoms with van der Waals surface area (Å²) in [6.07, 6.45) is -4.47. The summed E-state index contributed by atoms with van der Waals surface area (Å²) in [6, 6.07) is 4.85. The second kappa shape index (κ2) is 6.46. The molecule has 7 heteroatoms. The maximum absolute atomic E-state index is 12.5. The smallest absolute Gasteiger partial charge is 0.324 e. The van der Waals surface area contributed by atoms with E-state index in [2.05, 4.69) is 10.6 Å². The standard InChI is InChI=1S/C10H11F3N2O.ClH/c1-14-6-9(16)15-8-5-3-2-4-7(8)10(11,12)13;/h2-5,14H,6H2,1H3,(H,15,16);1H. The fraction of sp³-hybridized carbons (Fsp3) is 0.300. The molecule has 0 bridgehead atoms. The van der Waals surface area contributed by atoms with Crippen molar-refractivity contribution >= 4 is 24.0 Å². The molecule has 17 heavy (non-hydrogen) atoms. The summed E-state index contributed by atoms with van der Waals surface area (Å²) in [4.78, 5) is 11.2. The number of anilines is 1. The minimum atomic E-state index is -4.47. The average Bonchev–Trinajstić information content (AvgIpc) is 2.17. The van der Waals surface area contributed by atoms with Gasteiger partial charge in [0.15, 0.2) is 0 Å². The van der Waals surface area contributed by atoms with Crippen molar-refractivity contribution in [3.05, 3.63) is 29.8 Å². The molecule has 1 rings (SSSR count). The fourth-order valence-corrected chi connectivity index (χ4v) is 1.19. The maximum Gasteiger partial charge on any atom is 0.418 e. The molecule has 0 unspecified atom stereocenters. The lowest BCUT2D eigenvalue weighted by Crippen LogP contribution is -2.26. The molecule has 0 radical (unpaired) electrons. The van der Waals surface area contributed by atoms with Crippen LogP contribution in [0.4, 0.5) is 18.9 Å². The number of hydrogen-bond donors (Lipinski definition) is 2. The van der Waals surface area contributed by atoms with Crippen molar-refractivity contribution in [1.29, 1.82) is 0 Å². The third kappa shape index (κ3) is 4.62. The second-order valence-electron chi connectivity index (χ2n) is 3.12. The lowest BCUT2D eigenvalue weighted by Gasteiger charge is -2.13. The lowest BCUT2D eigenvalue weighted by atomic mass is 10.1. The van der Waals surface area contributed by atoms with Crippen LogP contribution in [0.3, 0.4) is 0 Å². The summed E-state index contributed by atoms with van der Waals surface area (Å²) in [5.74, 6) is -0.515. The molecule has 0 fully saturated rings. The quantitative estimate of drug-likeness (QED) is 0.883. The van der Waals surface area contributed by atoms with Crippen LogP contribution in [0.5, 0.6) is 0 Å². The van der Waals surface area contributed by atoms with Gasteiger partial charge in [0.1, 0.15) is 0 Å². The summed E-state index contributed by atoms with van der Waals surface area (Å²) in [5, 5.41) is 4.75. The molecule has 0 aliphatic heterocycles. The highest BCUT2D eigenvalue weighted by atomic mass is 35.5. The van der Waals surface area contributed by atoms with E-state index < -0.39 is 17.6 Å². The molecule has 1 aromatic carbocycles. The molecular weight excluding hydrogens is 257 g/mol. The Morgan fingerprint density at radius 2 is 1.88 bits per heavy atom. The van der Waals surface area contributed by atoms with Crippen LogP contribution < -0.4 is 10.6 Å². The molecule has 1 aromatic rings. The first-order valence-corrected chi connectivity index (χ1v) is 4.56. The predicted molar refractivity (Wildman–Crippen MR) is 61.2 cm³/mol. The van der Waals surface area contributed by atoms with Crippen molar-refractivity contribution in [2.24, 2.45) is 0 Å². The second-order valence-corrected chi connectivity index (χ2v) is 3.12. The zero-order valence-electron chi connectivity index (χ0n) is 8.97. The van der Waals surface area contributed by atoms with Crippen molar-refractivity contribution < 1.29 is 18.0 Å². The van der Waals surface area contributed by atoms with Crippen LogP contribution in [0.25, 0.3) is 0 Å². The van der Waals surface area contributed by atoms with E-state index in [0.29, 0.717) is 0 Å². The minimum absolute atomic E-state index is 0. The van der Waals surface area contributed by atoms with Crippen molar-refractivity contribution in [3.8, 4) is 0 Å². The lowest BCUT2D eigenvalue weighted by molar-refractivity contribution is -0.137. The molecule has 0 aliphatic carbocycles. The maximum atomic E-state index is 12.5. The number of carbonyl (C=O) groups is 1. The van der Waals surface area contributed by atoms with E-state index in [9.17, 15) is 18.0 Å². The molecule has 2 N–H and O–H groups in total. The van der Waals surface area contributed by atoms with Gasteiger partial charge in [0.05, 0.1) is 17.8 Å². The van der Waals surface area contributed by atoms with Crippen molar-refractivity contribution in [1.82, 2.24) is 5.32 Å². The topological polar surface area (TPSA) is 41.1 Å². The van der Waals surface area contributed by atoms with Crippen LogP contribution in [0.1, 0.15) is 5.56 Å². The van der Waals surface area contributed by atoms with E-state index in [-0.39, 0.29) is 24.6 Å². The molecule has 0 spiro atoms. The predicted octanol–water partition coefficient (Wildman–Crippen LogP) is 2.29. The van der Waals surface area contributed by atoms with Gasteiger partial charge in [-0.15, -0.1) is 12.4 Å². The molecule has 0 aromatic heterocycles. The Bertz CT molecular complexity index is 382. The molecule has 0 saturated heterocycles. The van der Waals surface area contributed by atoms with E-state index in [1.165, 1.54) is 25.2 Å². The van der Waals surface area contributed by atoms with Crippen LogP contribution in [-0.2, 0) is 11.0 Å². The summed E-state index contributed by atoms with van der Waals surface area (Å²) >= 11 is 0. The minimum Gasteiger partial charge on any atom is -0.324 e. The third-order valence-electron chi connectivity index (χ3n) is 1.84.